The Morgan fingerprint density at radius 1 is 1.08 bits per heavy atom. The molecule has 0 N–H and O–H groups in total. The normalized spacial score (nSPS) is 12.6. The maximum atomic E-state index is 12.1. The lowest BCUT2D eigenvalue weighted by atomic mass is 9.91. The van der Waals surface area contributed by atoms with Crippen LogP contribution in [0, 0.1) is 12.3 Å². The quantitative estimate of drug-likeness (QED) is 0.608. The van der Waals surface area contributed by atoms with Crippen LogP contribution in [0.3, 0.4) is 0 Å². The largest absolute Gasteiger partial charge is 0.466 e. The van der Waals surface area contributed by atoms with Gasteiger partial charge in [0.1, 0.15) is 17.2 Å². The number of aryl methyl sites for hydroxylation is 1. The van der Waals surface area contributed by atoms with Crippen molar-refractivity contribution in [3.05, 3.63) is 53.1 Å². The predicted molar refractivity (Wildman–Crippen MR) is 97.4 cm³/mol. The van der Waals surface area contributed by atoms with Crippen LogP contribution in [0.1, 0.15) is 26.3 Å². The predicted octanol–water partition coefficient (Wildman–Crippen LogP) is 6.00. The molecule has 0 spiro atoms. The number of ketones is 1. The van der Waals surface area contributed by atoms with Crippen molar-refractivity contribution in [2.75, 3.05) is 0 Å². The van der Waals surface area contributed by atoms with Crippen LogP contribution < -0.4 is 9.47 Å². The lowest BCUT2D eigenvalue weighted by Gasteiger charge is -2.21. The number of halogens is 2. The zero-order valence-corrected chi connectivity index (χ0v) is 15.6. The molecule has 1 atom stereocenters. The van der Waals surface area contributed by atoms with Gasteiger partial charge < -0.3 is 9.47 Å². The summed E-state index contributed by atoms with van der Waals surface area (Å²) in [6.07, 6.45) is 0. The van der Waals surface area contributed by atoms with Gasteiger partial charge in [0.05, 0.1) is 5.02 Å². The molecule has 2 aromatic rings. The summed E-state index contributed by atoms with van der Waals surface area (Å²) in [5.74, 6) is 1.46. The number of benzene rings is 2. The molecule has 0 aliphatic heterocycles. The van der Waals surface area contributed by atoms with Gasteiger partial charge in [0, 0.05) is 11.5 Å². The Hall–Kier alpha value is -1.71. The van der Waals surface area contributed by atoms with Gasteiger partial charge in [-0.3, -0.25) is 4.79 Å². The fraction of sp³-hybridized carbons (Fsp3) is 0.316. The second-order valence-electron chi connectivity index (χ2n) is 6.51. The van der Waals surface area contributed by atoms with Crippen molar-refractivity contribution in [2.45, 2.75) is 33.3 Å². The molecule has 0 bridgehead atoms. The molecule has 0 radical (unpaired) electrons. The van der Waals surface area contributed by atoms with E-state index in [1.807, 2.05) is 31.2 Å². The topological polar surface area (TPSA) is 35.5 Å². The lowest BCUT2D eigenvalue weighted by molar-refractivity contribution is -0.130. The fourth-order valence-corrected chi connectivity index (χ4v) is 2.58. The van der Waals surface area contributed by atoms with E-state index < -0.39 is 11.0 Å². The van der Waals surface area contributed by atoms with E-state index in [1.165, 1.54) is 0 Å². The van der Waals surface area contributed by atoms with Gasteiger partial charge in [-0.2, -0.15) is 0 Å². The van der Waals surface area contributed by atoms with Crippen LogP contribution in [0.5, 0.6) is 17.2 Å². The molecular weight excluding hydrogens is 347 g/mol. The Labute approximate surface area is 152 Å². The first kappa shape index (κ1) is 18.6. The van der Waals surface area contributed by atoms with Crippen LogP contribution in [0.2, 0.25) is 5.02 Å². The number of hydrogen-bond acceptors (Lipinski definition) is 3. The Morgan fingerprint density at radius 3 is 2.33 bits per heavy atom. The third-order valence-electron chi connectivity index (χ3n) is 3.40. The number of ether oxygens (including phenoxy) is 2. The minimum absolute atomic E-state index is 0.208. The second-order valence-corrected chi connectivity index (χ2v) is 7.31. The van der Waals surface area contributed by atoms with Crippen LogP contribution in [-0.2, 0) is 4.79 Å². The van der Waals surface area contributed by atoms with E-state index >= 15 is 0 Å². The number of carbonyl (C=O) groups excluding carboxylic acids is 1. The van der Waals surface area contributed by atoms with E-state index in [2.05, 4.69) is 0 Å². The van der Waals surface area contributed by atoms with Crippen LogP contribution in [0.25, 0.3) is 0 Å². The molecule has 24 heavy (non-hydrogen) atoms. The monoisotopic (exact) mass is 366 g/mol. The molecule has 0 heterocycles. The average Bonchev–Trinajstić information content (AvgIpc) is 2.50. The summed E-state index contributed by atoms with van der Waals surface area (Å²) in [6.45, 7) is 7.32. The number of rotatable bonds is 5. The Balaban J connectivity index is 2.13. The Morgan fingerprint density at radius 2 is 1.75 bits per heavy atom. The Bertz CT molecular complexity index is 736. The first-order valence-electron chi connectivity index (χ1n) is 7.56. The molecule has 0 saturated heterocycles. The van der Waals surface area contributed by atoms with Crippen molar-refractivity contribution in [3.63, 3.8) is 0 Å². The second kappa shape index (κ2) is 7.45. The summed E-state index contributed by atoms with van der Waals surface area (Å²) < 4.78 is 11.3. The molecule has 0 aliphatic carbocycles. The summed E-state index contributed by atoms with van der Waals surface area (Å²) >= 11 is 12.3. The van der Waals surface area contributed by atoms with E-state index in [9.17, 15) is 4.79 Å². The van der Waals surface area contributed by atoms with E-state index in [-0.39, 0.29) is 5.78 Å². The van der Waals surface area contributed by atoms with Gasteiger partial charge in [-0.05, 0) is 30.7 Å². The molecule has 2 aromatic carbocycles. The van der Waals surface area contributed by atoms with Crippen molar-refractivity contribution < 1.29 is 14.3 Å². The summed E-state index contributed by atoms with van der Waals surface area (Å²) in [7, 11) is 0. The third kappa shape index (κ3) is 4.65. The molecule has 0 amide bonds. The summed E-state index contributed by atoms with van der Waals surface area (Å²) in [4.78, 5) is 12.1. The average molecular weight is 367 g/mol. The first-order chi connectivity index (χ1) is 11.2. The van der Waals surface area contributed by atoms with Crippen molar-refractivity contribution in [1.29, 1.82) is 0 Å². The van der Waals surface area contributed by atoms with Gasteiger partial charge in [-0.1, -0.05) is 62.2 Å². The molecule has 128 valence electrons. The molecular formula is C19H20Cl2O3. The summed E-state index contributed by atoms with van der Waals surface area (Å²) in [5.41, 5.74) is -0.663. The van der Waals surface area contributed by atoms with Crippen molar-refractivity contribution in [2.24, 2.45) is 5.41 Å². The standard InChI is InChI=1S/C19H20Cl2O3/c1-12-7-5-6-8-15(12)23-13-9-10-16(14(20)11-13)24-18(21)17(22)19(2,3)4/h5-11,18H,1-4H3. The van der Waals surface area contributed by atoms with Gasteiger partial charge in [0.2, 0.25) is 5.56 Å². The van der Waals surface area contributed by atoms with Crippen molar-refractivity contribution in [3.8, 4) is 17.2 Å². The summed E-state index contributed by atoms with van der Waals surface area (Å²) in [6, 6.07) is 12.7. The first-order valence-corrected chi connectivity index (χ1v) is 8.38. The van der Waals surface area contributed by atoms with Crippen molar-refractivity contribution >= 4 is 29.0 Å². The fourth-order valence-electron chi connectivity index (χ4n) is 1.94. The molecule has 2 rings (SSSR count). The number of hydrogen-bond donors (Lipinski definition) is 0. The van der Waals surface area contributed by atoms with Crippen molar-refractivity contribution in [1.82, 2.24) is 0 Å². The highest BCUT2D eigenvalue weighted by atomic mass is 35.5. The van der Waals surface area contributed by atoms with Gasteiger partial charge in [0.15, 0.2) is 5.78 Å². The van der Waals surface area contributed by atoms with Crippen LogP contribution in [0.15, 0.2) is 42.5 Å². The lowest BCUT2D eigenvalue weighted by Crippen LogP contribution is -2.32. The third-order valence-corrected chi connectivity index (χ3v) is 3.98. The number of alkyl halides is 1. The van der Waals surface area contributed by atoms with Gasteiger partial charge >= 0.3 is 0 Å². The van der Waals surface area contributed by atoms with Crippen LogP contribution in [-0.4, -0.2) is 11.3 Å². The van der Waals surface area contributed by atoms with Gasteiger partial charge in [0.25, 0.3) is 0 Å². The molecule has 0 aliphatic rings. The zero-order chi connectivity index (χ0) is 17.9. The minimum Gasteiger partial charge on any atom is -0.466 e. The number of Topliss-reactive ketones (excluding diaryl/α,β-unsaturated/α-hetero) is 1. The van der Waals surface area contributed by atoms with Gasteiger partial charge in [-0.25, -0.2) is 0 Å². The molecule has 0 aromatic heterocycles. The smallest absolute Gasteiger partial charge is 0.230 e. The molecule has 0 fully saturated rings. The van der Waals surface area contributed by atoms with E-state index in [1.54, 1.807) is 39.0 Å². The van der Waals surface area contributed by atoms with Crippen LogP contribution in [0.4, 0.5) is 0 Å². The highest BCUT2D eigenvalue weighted by Crippen LogP contribution is 2.34. The van der Waals surface area contributed by atoms with E-state index in [4.69, 9.17) is 32.7 Å². The number of carbonyl (C=O) groups is 1. The summed E-state index contributed by atoms with van der Waals surface area (Å²) in [5, 5.41) is 0.327. The highest BCUT2D eigenvalue weighted by Gasteiger charge is 2.30. The molecule has 0 saturated carbocycles. The maximum absolute atomic E-state index is 12.1. The van der Waals surface area contributed by atoms with E-state index in [0.29, 0.717) is 16.5 Å². The number of para-hydroxylation sites is 1. The SMILES string of the molecule is Cc1ccccc1Oc1ccc(OC(Cl)C(=O)C(C)(C)C)c(Cl)c1. The van der Waals surface area contributed by atoms with Gasteiger partial charge in [-0.15, -0.1) is 0 Å². The highest BCUT2D eigenvalue weighted by molar-refractivity contribution is 6.33. The molecule has 1 unspecified atom stereocenters. The maximum Gasteiger partial charge on any atom is 0.230 e. The molecule has 3 nitrogen and oxygen atoms in total. The molecule has 5 heteroatoms. The minimum atomic E-state index is -1.09. The zero-order valence-electron chi connectivity index (χ0n) is 14.1. The Kier molecular flexibility index (Phi) is 5.79. The van der Waals surface area contributed by atoms with E-state index in [0.717, 1.165) is 11.3 Å². The van der Waals surface area contributed by atoms with Crippen LogP contribution >= 0.6 is 23.2 Å².